The third-order valence-electron chi connectivity index (χ3n) is 3.94. The number of likely N-dealkylation sites (N-methyl/N-ethyl adjacent to an activating group) is 1. The molecule has 0 unspecified atom stereocenters. The number of carbonyl (C=O) groups is 2. The average Bonchev–Trinajstić information content (AvgIpc) is 2.65. The van der Waals surface area contributed by atoms with Crippen molar-refractivity contribution in [1.82, 2.24) is 10.2 Å². The minimum Gasteiger partial charge on any atom is -0.484 e. The first-order valence-corrected chi connectivity index (χ1v) is 9.36. The molecule has 7 heteroatoms. The van der Waals surface area contributed by atoms with Crippen LogP contribution in [0.2, 0.25) is 10.0 Å². The van der Waals surface area contributed by atoms with Gasteiger partial charge in [0.1, 0.15) is 11.8 Å². The molecule has 0 spiro atoms. The number of benzene rings is 2. The largest absolute Gasteiger partial charge is 0.484 e. The highest BCUT2D eigenvalue weighted by Gasteiger charge is 2.26. The highest BCUT2D eigenvalue weighted by Crippen LogP contribution is 2.18. The van der Waals surface area contributed by atoms with E-state index < -0.39 is 6.04 Å². The molecule has 2 aromatic rings. The molecule has 0 aliphatic heterocycles. The van der Waals surface area contributed by atoms with Gasteiger partial charge in [0.05, 0.1) is 0 Å². The van der Waals surface area contributed by atoms with E-state index in [0.29, 0.717) is 22.3 Å². The van der Waals surface area contributed by atoms with Gasteiger partial charge in [0.25, 0.3) is 5.91 Å². The molecule has 0 fully saturated rings. The third kappa shape index (κ3) is 6.45. The van der Waals surface area contributed by atoms with E-state index in [9.17, 15) is 9.59 Å². The summed E-state index contributed by atoms with van der Waals surface area (Å²) in [5.74, 6) is -0.0285. The van der Waals surface area contributed by atoms with E-state index in [1.807, 2.05) is 19.1 Å². The molecule has 144 valence electrons. The van der Waals surface area contributed by atoms with Gasteiger partial charge in [-0.05, 0) is 49.7 Å². The fraction of sp³-hybridized carbons (Fsp3) is 0.300. The van der Waals surface area contributed by atoms with Gasteiger partial charge in [-0.25, -0.2) is 0 Å². The zero-order valence-electron chi connectivity index (χ0n) is 15.2. The molecule has 0 saturated carbocycles. The first-order chi connectivity index (χ1) is 12.9. The van der Waals surface area contributed by atoms with E-state index in [4.69, 9.17) is 27.9 Å². The van der Waals surface area contributed by atoms with Crippen molar-refractivity contribution >= 4 is 35.0 Å². The van der Waals surface area contributed by atoms with E-state index in [2.05, 4.69) is 5.32 Å². The lowest BCUT2D eigenvalue weighted by molar-refractivity contribution is -0.142. The molecular formula is C20H22Cl2N2O3. The van der Waals surface area contributed by atoms with E-state index in [-0.39, 0.29) is 25.0 Å². The quantitative estimate of drug-likeness (QED) is 0.719. The second-order valence-electron chi connectivity index (χ2n) is 5.96. The molecule has 2 amide bonds. The van der Waals surface area contributed by atoms with Gasteiger partial charge < -0.3 is 15.0 Å². The fourth-order valence-corrected chi connectivity index (χ4v) is 2.78. The molecular weight excluding hydrogens is 387 g/mol. The minimum absolute atomic E-state index is 0.197. The summed E-state index contributed by atoms with van der Waals surface area (Å²) < 4.78 is 5.55. The van der Waals surface area contributed by atoms with Crippen molar-refractivity contribution in [2.75, 3.05) is 13.2 Å². The number of carbonyl (C=O) groups excluding carboxylic acids is 2. The molecule has 5 nitrogen and oxygen atoms in total. The summed E-state index contributed by atoms with van der Waals surface area (Å²) in [5.41, 5.74) is 0.867. The van der Waals surface area contributed by atoms with Gasteiger partial charge in [-0.2, -0.15) is 0 Å². The Hall–Kier alpha value is -2.24. The third-order valence-corrected chi connectivity index (χ3v) is 4.43. The van der Waals surface area contributed by atoms with Gasteiger partial charge >= 0.3 is 0 Å². The summed E-state index contributed by atoms with van der Waals surface area (Å²) in [6.07, 6.45) is 0. The minimum atomic E-state index is -0.643. The van der Waals surface area contributed by atoms with Crippen molar-refractivity contribution in [2.45, 2.75) is 26.4 Å². The summed E-state index contributed by atoms with van der Waals surface area (Å²) in [5, 5.41) is 3.88. The monoisotopic (exact) mass is 408 g/mol. The lowest BCUT2D eigenvalue weighted by Crippen LogP contribution is -2.49. The van der Waals surface area contributed by atoms with Crippen molar-refractivity contribution in [3.63, 3.8) is 0 Å². The number of halogens is 2. The van der Waals surface area contributed by atoms with Crippen LogP contribution in [-0.4, -0.2) is 35.9 Å². The Morgan fingerprint density at radius 1 is 1.11 bits per heavy atom. The molecule has 0 bridgehead atoms. The molecule has 27 heavy (non-hydrogen) atoms. The zero-order chi connectivity index (χ0) is 19.8. The van der Waals surface area contributed by atoms with Gasteiger partial charge in [0, 0.05) is 23.1 Å². The fourth-order valence-electron chi connectivity index (χ4n) is 2.48. The second kappa shape index (κ2) is 10.2. The molecule has 0 saturated heterocycles. The Labute approximate surface area is 169 Å². The summed E-state index contributed by atoms with van der Waals surface area (Å²) in [6, 6.07) is 13.3. The van der Waals surface area contributed by atoms with Crippen LogP contribution in [0.4, 0.5) is 0 Å². The number of hydrogen-bond donors (Lipinski definition) is 1. The Morgan fingerprint density at radius 2 is 1.81 bits per heavy atom. The van der Waals surface area contributed by atoms with E-state index in [0.717, 1.165) is 5.56 Å². The molecule has 2 aromatic carbocycles. The lowest BCUT2D eigenvalue weighted by atomic mass is 10.1. The summed E-state index contributed by atoms with van der Waals surface area (Å²) in [6.45, 7) is 4.09. The summed E-state index contributed by atoms with van der Waals surface area (Å²) in [4.78, 5) is 26.5. The number of amides is 2. The van der Waals surface area contributed by atoms with E-state index in [1.54, 1.807) is 43.3 Å². The molecule has 0 heterocycles. The Bertz CT molecular complexity index is 781. The van der Waals surface area contributed by atoms with Gasteiger partial charge in [-0.3, -0.25) is 9.59 Å². The molecule has 0 radical (unpaired) electrons. The SMILES string of the molecule is CCNC(=O)[C@H](C)N(Cc1ccc(Cl)cc1)C(=O)COc1cccc(Cl)c1. The van der Waals surface area contributed by atoms with Crippen molar-refractivity contribution in [3.05, 3.63) is 64.1 Å². The van der Waals surface area contributed by atoms with E-state index >= 15 is 0 Å². The molecule has 1 N–H and O–H groups in total. The van der Waals surface area contributed by atoms with Crippen LogP contribution in [0.15, 0.2) is 48.5 Å². The maximum absolute atomic E-state index is 12.8. The van der Waals surface area contributed by atoms with Gasteiger partial charge in [-0.1, -0.05) is 41.4 Å². The van der Waals surface area contributed by atoms with Crippen LogP contribution >= 0.6 is 23.2 Å². The Kier molecular flexibility index (Phi) is 7.95. The van der Waals surface area contributed by atoms with Crippen LogP contribution in [0.25, 0.3) is 0 Å². The van der Waals surface area contributed by atoms with Crippen molar-refractivity contribution < 1.29 is 14.3 Å². The number of rotatable bonds is 8. The average molecular weight is 409 g/mol. The maximum atomic E-state index is 12.8. The Morgan fingerprint density at radius 3 is 2.44 bits per heavy atom. The van der Waals surface area contributed by atoms with Crippen molar-refractivity contribution in [3.8, 4) is 5.75 Å². The van der Waals surface area contributed by atoms with Gasteiger partial charge in [0.15, 0.2) is 6.61 Å². The number of nitrogens with one attached hydrogen (secondary N) is 1. The summed E-state index contributed by atoms with van der Waals surface area (Å²) >= 11 is 11.9. The highest BCUT2D eigenvalue weighted by molar-refractivity contribution is 6.30. The first-order valence-electron chi connectivity index (χ1n) is 8.60. The first kappa shape index (κ1) is 21.1. The maximum Gasteiger partial charge on any atom is 0.261 e. The van der Waals surface area contributed by atoms with Crippen LogP contribution in [0.3, 0.4) is 0 Å². The van der Waals surface area contributed by atoms with Crippen LogP contribution in [-0.2, 0) is 16.1 Å². The molecule has 0 aliphatic rings. The standard InChI is InChI=1S/C20H22Cl2N2O3/c1-3-23-20(26)14(2)24(12-15-7-9-16(21)10-8-15)19(25)13-27-18-6-4-5-17(22)11-18/h4-11,14H,3,12-13H2,1-2H3,(H,23,26)/t14-/m0/s1. The van der Waals surface area contributed by atoms with Crippen LogP contribution in [0.1, 0.15) is 19.4 Å². The molecule has 2 rings (SSSR count). The topological polar surface area (TPSA) is 58.6 Å². The molecule has 1 atom stereocenters. The van der Waals surface area contributed by atoms with Crippen molar-refractivity contribution in [2.24, 2.45) is 0 Å². The Balaban J connectivity index is 2.12. The van der Waals surface area contributed by atoms with Gasteiger partial charge in [-0.15, -0.1) is 0 Å². The summed E-state index contributed by atoms with van der Waals surface area (Å²) in [7, 11) is 0. The molecule has 0 aliphatic carbocycles. The van der Waals surface area contributed by atoms with Crippen LogP contribution in [0, 0.1) is 0 Å². The lowest BCUT2D eigenvalue weighted by Gasteiger charge is -2.28. The van der Waals surface area contributed by atoms with Crippen LogP contribution in [0.5, 0.6) is 5.75 Å². The number of hydrogen-bond acceptors (Lipinski definition) is 3. The van der Waals surface area contributed by atoms with E-state index in [1.165, 1.54) is 4.90 Å². The zero-order valence-corrected chi connectivity index (χ0v) is 16.8. The predicted molar refractivity (Wildman–Crippen MR) is 107 cm³/mol. The smallest absolute Gasteiger partial charge is 0.261 e. The second-order valence-corrected chi connectivity index (χ2v) is 6.84. The van der Waals surface area contributed by atoms with Gasteiger partial charge in [0.2, 0.25) is 5.91 Å². The number of nitrogens with zero attached hydrogens (tertiary/aromatic N) is 1. The molecule has 0 aromatic heterocycles. The predicted octanol–water partition coefficient (Wildman–Crippen LogP) is 3.93. The number of ether oxygens (including phenoxy) is 1. The highest BCUT2D eigenvalue weighted by atomic mass is 35.5. The normalized spacial score (nSPS) is 11.6. The van der Waals surface area contributed by atoms with Crippen LogP contribution < -0.4 is 10.1 Å². The van der Waals surface area contributed by atoms with Crippen molar-refractivity contribution in [1.29, 1.82) is 0 Å².